The molecule has 2 fully saturated rings. The maximum absolute atomic E-state index is 14.9. The van der Waals surface area contributed by atoms with Gasteiger partial charge in [0.25, 0.3) is 0 Å². The lowest BCUT2D eigenvalue weighted by Gasteiger charge is -2.27. The molecule has 2 aliphatic carbocycles. The molecule has 284 valence electrons. The summed E-state index contributed by atoms with van der Waals surface area (Å²) in [6.07, 6.45) is 9.76. The number of carbonyl (C=O) groups excluding carboxylic acids is 4. The molecule has 0 saturated heterocycles. The minimum atomic E-state index is -0.807. The van der Waals surface area contributed by atoms with Gasteiger partial charge in [-0.1, -0.05) is 75.2 Å². The van der Waals surface area contributed by atoms with Crippen molar-refractivity contribution in [1.82, 2.24) is 0 Å². The third kappa shape index (κ3) is 12.5. The van der Waals surface area contributed by atoms with Crippen LogP contribution in [-0.4, -0.2) is 36.1 Å². The molecule has 8 nitrogen and oxygen atoms in total. The number of hydrogen-bond donors (Lipinski definition) is 0. The van der Waals surface area contributed by atoms with E-state index in [-0.39, 0.29) is 41.6 Å². The van der Waals surface area contributed by atoms with E-state index in [4.69, 9.17) is 18.9 Å². The fraction of sp³-hybridized carbons (Fsp3) is 0.500. The maximum Gasteiger partial charge on any atom is 0.314 e. The van der Waals surface area contributed by atoms with Crippen molar-refractivity contribution < 1.29 is 42.5 Å². The molecular weight excluding hydrogens is 675 g/mol. The molecule has 0 radical (unpaired) electrons. The summed E-state index contributed by atoms with van der Waals surface area (Å²) in [4.78, 5) is 50.6. The molecule has 0 aromatic heterocycles. The van der Waals surface area contributed by atoms with E-state index in [9.17, 15) is 23.6 Å². The Hall–Kier alpha value is -4.53. The quantitative estimate of drug-likeness (QED) is 0.106. The second kappa shape index (κ2) is 20.1. The highest BCUT2D eigenvalue weighted by atomic mass is 19.1. The number of carbonyl (C=O) groups is 4. The van der Waals surface area contributed by atoms with Gasteiger partial charge in [-0.25, -0.2) is 4.39 Å². The van der Waals surface area contributed by atoms with E-state index in [1.165, 1.54) is 23.3 Å². The standard InChI is InChI=1S/C44H53FO8/c1-3-5-30-7-11-32(12-8-30)15-27-41(46)50-36-21-17-34(18-22-36)43(48)52-38-25-26-40(39(45)29-38)53-44(49)35-19-23-37(24-20-35)51-42(47)28-16-33-13-9-31(6-4-2)10-14-33/h7-14,25-26,29,34-37H,3-6,15-24,27-28H2,1-2H3. The van der Waals surface area contributed by atoms with Crippen molar-refractivity contribution in [2.75, 3.05) is 0 Å². The third-order valence-corrected chi connectivity index (χ3v) is 10.3. The van der Waals surface area contributed by atoms with Crippen molar-refractivity contribution >= 4 is 23.9 Å². The van der Waals surface area contributed by atoms with Gasteiger partial charge in [-0.05, 0) is 111 Å². The molecule has 0 unspecified atom stereocenters. The highest BCUT2D eigenvalue weighted by molar-refractivity contribution is 5.77. The van der Waals surface area contributed by atoms with Crippen LogP contribution in [0, 0.1) is 17.7 Å². The lowest BCUT2D eigenvalue weighted by atomic mass is 9.87. The Morgan fingerprint density at radius 2 is 0.943 bits per heavy atom. The molecule has 0 amide bonds. The van der Waals surface area contributed by atoms with Crippen LogP contribution in [-0.2, 0) is 54.3 Å². The number of benzene rings is 3. The van der Waals surface area contributed by atoms with E-state index in [0.29, 0.717) is 77.0 Å². The van der Waals surface area contributed by atoms with Crippen molar-refractivity contribution in [2.24, 2.45) is 11.8 Å². The Bertz CT molecular complexity index is 1650. The molecule has 5 rings (SSSR count). The zero-order chi connectivity index (χ0) is 37.6. The number of aryl methyl sites for hydroxylation is 4. The fourth-order valence-corrected chi connectivity index (χ4v) is 7.16. The van der Waals surface area contributed by atoms with Crippen LogP contribution < -0.4 is 9.47 Å². The first kappa shape index (κ1) is 39.7. The van der Waals surface area contributed by atoms with Gasteiger partial charge in [-0.3, -0.25) is 19.2 Å². The number of halogens is 1. The first-order valence-electron chi connectivity index (χ1n) is 19.5. The van der Waals surface area contributed by atoms with Gasteiger partial charge >= 0.3 is 23.9 Å². The number of hydrogen-bond acceptors (Lipinski definition) is 8. The van der Waals surface area contributed by atoms with Crippen molar-refractivity contribution in [1.29, 1.82) is 0 Å². The van der Waals surface area contributed by atoms with Crippen molar-refractivity contribution in [3.05, 3.63) is 94.8 Å². The number of ether oxygens (including phenoxy) is 4. The fourth-order valence-electron chi connectivity index (χ4n) is 7.16. The average molecular weight is 729 g/mol. The summed E-state index contributed by atoms with van der Waals surface area (Å²) in [5.41, 5.74) is 4.78. The van der Waals surface area contributed by atoms with Gasteiger partial charge < -0.3 is 18.9 Å². The molecule has 0 heterocycles. The van der Waals surface area contributed by atoms with Crippen LogP contribution in [0.5, 0.6) is 11.5 Å². The van der Waals surface area contributed by atoms with Crippen LogP contribution in [0.2, 0.25) is 0 Å². The number of rotatable bonds is 16. The van der Waals surface area contributed by atoms with E-state index >= 15 is 0 Å². The van der Waals surface area contributed by atoms with E-state index in [1.54, 1.807) is 0 Å². The van der Waals surface area contributed by atoms with E-state index in [0.717, 1.165) is 42.9 Å². The van der Waals surface area contributed by atoms with Crippen molar-refractivity contribution in [3.63, 3.8) is 0 Å². The average Bonchev–Trinajstić information content (AvgIpc) is 3.16. The topological polar surface area (TPSA) is 105 Å². The van der Waals surface area contributed by atoms with Gasteiger partial charge in [0.2, 0.25) is 0 Å². The molecule has 0 bridgehead atoms. The van der Waals surface area contributed by atoms with Crippen molar-refractivity contribution in [2.45, 2.75) is 129 Å². The second-order valence-corrected chi connectivity index (χ2v) is 14.5. The van der Waals surface area contributed by atoms with Crippen LogP contribution in [0.15, 0.2) is 66.7 Å². The lowest BCUT2D eigenvalue weighted by Crippen LogP contribution is -2.30. The molecule has 0 aliphatic heterocycles. The largest absolute Gasteiger partial charge is 0.462 e. The minimum absolute atomic E-state index is 0.0272. The minimum Gasteiger partial charge on any atom is -0.462 e. The summed E-state index contributed by atoms with van der Waals surface area (Å²) in [7, 11) is 0. The summed E-state index contributed by atoms with van der Waals surface area (Å²) in [5.74, 6) is -3.33. The Kier molecular flexibility index (Phi) is 15.0. The zero-order valence-corrected chi connectivity index (χ0v) is 31.1. The molecule has 3 aromatic carbocycles. The highest BCUT2D eigenvalue weighted by Crippen LogP contribution is 2.32. The Morgan fingerprint density at radius 1 is 0.547 bits per heavy atom. The predicted octanol–water partition coefficient (Wildman–Crippen LogP) is 9.01. The highest BCUT2D eigenvalue weighted by Gasteiger charge is 2.31. The molecular formula is C44H53FO8. The Balaban J connectivity index is 0.970. The maximum atomic E-state index is 14.9. The molecule has 0 spiro atoms. The third-order valence-electron chi connectivity index (χ3n) is 10.3. The SMILES string of the molecule is CCCc1ccc(CCC(=O)OC2CCC(C(=O)Oc3ccc(OC(=O)C4CCC(OC(=O)CCc5ccc(CCC)cc5)CC4)c(F)c3)CC2)cc1. The molecule has 0 N–H and O–H groups in total. The molecule has 3 aromatic rings. The summed E-state index contributed by atoms with van der Waals surface area (Å²) < 4.78 is 37.1. The molecule has 2 saturated carbocycles. The monoisotopic (exact) mass is 728 g/mol. The van der Waals surface area contributed by atoms with Crippen LogP contribution in [0.1, 0.15) is 113 Å². The first-order chi connectivity index (χ1) is 25.7. The zero-order valence-electron chi connectivity index (χ0n) is 31.1. The lowest BCUT2D eigenvalue weighted by molar-refractivity contribution is -0.153. The van der Waals surface area contributed by atoms with Gasteiger partial charge in [-0.2, -0.15) is 0 Å². The van der Waals surface area contributed by atoms with Gasteiger partial charge in [0.1, 0.15) is 18.0 Å². The smallest absolute Gasteiger partial charge is 0.314 e. The van der Waals surface area contributed by atoms with E-state index in [2.05, 4.69) is 62.4 Å². The van der Waals surface area contributed by atoms with Crippen molar-refractivity contribution in [3.8, 4) is 11.5 Å². The second-order valence-electron chi connectivity index (χ2n) is 14.5. The van der Waals surface area contributed by atoms with Gasteiger partial charge in [0.15, 0.2) is 11.6 Å². The molecule has 2 aliphatic rings. The summed E-state index contributed by atoms with van der Waals surface area (Å²) >= 11 is 0. The van der Waals surface area contributed by atoms with E-state index in [1.807, 2.05) is 0 Å². The van der Waals surface area contributed by atoms with Gasteiger partial charge in [0.05, 0.1) is 11.8 Å². The van der Waals surface area contributed by atoms with Gasteiger partial charge in [0, 0.05) is 18.9 Å². The van der Waals surface area contributed by atoms with E-state index < -0.39 is 23.7 Å². The predicted molar refractivity (Wildman–Crippen MR) is 199 cm³/mol. The normalized spacial score (nSPS) is 19.9. The summed E-state index contributed by atoms with van der Waals surface area (Å²) in [6, 6.07) is 20.4. The molecule has 0 atom stereocenters. The summed E-state index contributed by atoms with van der Waals surface area (Å²) in [6.45, 7) is 4.29. The Labute approximate surface area is 312 Å². The van der Waals surface area contributed by atoms with Crippen LogP contribution in [0.3, 0.4) is 0 Å². The van der Waals surface area contributed by atoms with Crippen LogP contribution in [0.4, 0.5) is 4.39 Å². The molecule has 9 heteroatoms. The molecule has 53 heavy (non-hydrogen) atoms. The Morgan fingerprint density at radius 3 is 1.34 bits per heavy atom. The van der Waals surface area contributed by atoms with Gasteiger partial charge in [-0.15, -0.1) is 0 Å². The first-order valence-corrected chi connectivity index (χ1v) is 19.5. The summed E-state index contributed by atoms with van der Waals surface area (Å²) in [5, 5.41) is 0. The van der Waals surface area contributed by atoms with Crippen LogP contribution in [0.25, 0.3) is 0 Å². The number of esters is 4. The van der Waals surface area contributed by atoms with Crippen LogP contribution >= 0.6 is 0 Å².